The van der Waals surface area contributed by atoms with Crippen LogP contribution in [0.2, 0.25) is 0 Å². The molecule has 88 valence electrons. The summed E-state index contributed by atoms with van der Waals surface area (Å²) in [4.78, 5) is 0. The molecule has 0 bridgehead atoms. The minimum absolute atomic E-state index is 0.293. The van der Waals surface area contributed by atoms with E-state index < -0.39 is 0 Å². The fourth-order valence-electron chi connectivity index (χ4n) is 2.47. The van der Waals surface area contributed by atoms with E-state index in [1.807, 2.05) is 0 Å². The van der Waals surface area contributed by atoms with Crippen LogP contribution in [0.3, 0.4) is 0 Å². The summed E-state index contributed by atoms with van der Waals surface area (Å²) in [6.45, 7) is 3.43. The summed E-state index contributed by atoms with van der Waals surface area (Å²) in [5, 5.41) is 12.2. The number of aliphatic hydroxyl groups excluding tert-OH is 1. The Bertz CT molecular complexity index is 331. The summed E-state index contributed by atoms with van der Waals surface area (Å²) >= 11 is 0. The third-order valence-corrected chi connectivity index (χ3v) is 3.53. The average molecular weight is 219 g/mol. The summed E-state index contributed by atoms with van der Waals surface area (Å²) in [5.74, 6) is 0.743. The second kappa shape index (κ2) is 5.46. The molecule has 0 atom stereocenters. The molecule has 1 aliphatic carbocycles. The van der Waals surface area contributed by atoms with E-state index >= 15 is 0 Å². The molecule has 0 aliphatic heterocycles. The zero-order chi connectivity index (χ0) is 11.4. The van der Waals surface area contributed by atoms with Crippen molar-refractivity contribution >= 4 is 0 Å². The lowest BCUT2D eigenvalue weighted by atomic mass is 9.74. The summed E-state index contributed by atoms with van der Waals surface area (Å²) in [6, 6.07) is 9.35. The Balaban J connectivity index is 1.78. The van der Waals surface area contributed by atoms with Crippen LogP contribution in [-0.4, -0.2) is 24.3 Å². The third-order valence-electron chi connectivity index (χ3n) is 3.53. The van der Waals surface area contributed by atoms with Crippen molar-refractivity contribution in [1.29, 1.82) is 0 Å². The van der Waals surface area contributed by atoms with Gasteiger partial charge in [-0.1, -0.05) is 24.3 Å². The first-order valence-electron chi connectivity index (χ1n) is 6.21. The highest BCUT2D eigenvalue weighted by Gasteiger charge is 2.30. The van der Waals surface area contributed by atoms with Gasteiger partial charge >= 0.3 is 0 Å². The molecule has 2 heteroatoms. The average Bonchev–Trinajstić information content (AvgIpc) is 2.23. The largest absolute Gasteiger partial charge is 0.396 e. The Kier molecular flexibility index (Phi) is 3.97. The summed E-state index contributed by atoms with van der Waals surface area (Å²) in [5.41, 5.74) is 2.93. The van der Waals surface area contributed by atoms with Gasteiger partial charge in [-0.15, -0.1) is 0 Å². The lowest BCUT2D eigenvalue weighted by molar-refractivity contribution is 0.258. The Labute approximate surface area is 97.7 Å². The molecule has 0 radical (unpaired) electrons. The molecule has 0 aromatic heterocycles. The normalized spacial score (nSPS) is 24.1. The Morgan fingerprint density at radius 2 is 2.06 bits per heavy atom. The molecule has 0 unspecified atom stereocenters. The molecular weight excluding hydrogens is 198 g/mol. The number of aliphatic hydroxyl groups is 1. The highest BCUT2D eigenvalue weighted by Crippen LogP contribution is 2.38. The fraction of sp³-hybridized carbons (Fsp3) is 0.571. The topological polar surface area (TPSA) is 32.3 Å². The van der Waals surface area contributed by atoms with E-state index in [1.165, 1.54) is 24.0 Å². The second-order valence-electron chi connectivity index (χ2n) is 4.75. The van der Waals surface area contributed by atoms with Crippen molar-refractivity contribution in [3.63, 3.8) is 0 Å². The molecular formula is C14H21NO. The quantitative estimate of drug-likeness (QED) is 0.744. The van der Waals surface area contributed by atoms with Crippen LogP contribution in [-0.2, 0) is 0 Å². The number of benzene rings is 1. The molecule has 0 spiro atoms. The molecule has 1 fully saturated rings. The smallest absolute Gasteiger partial charge is 0.0443 e. The number of nitrogens with one attached hydrogen (secondary N) is 1. The fourth-order valence-corrected chi connectivity index (χ4v) is 2.47. The first-order chi connectivity index (χ1) is 7.81. The molecule has 1 saturated carbocycles. The SMILES string of the molecule is Cc1ccccc1C1CC(NCCCO)C1. The van der Waals surface area contributed by atoms with E-state index in [2.05, 4.69) is 36.5 Å². The van der Waals surface area contributed by atoms with Crippen molar-refractivity contribution < 1.29 is 5.11 Å². The predicted molar refractivity (Wildman–Crippen MR) is 66.6 cm³/mol. The number of hydrogen-bond donors (Lipinski definition) is 2. The summed E-state index contributed by atoms with van der Waals surface area (Å²) in [6.07, 6.45) is 3.36. The van der Waals surface area contributed by atoms with E-state index in [0.717, 1.165) is 18.9 Å². The highest BCUT2D eigenvalue weighted by atomic mass is 16.3. The van der Waals surface area contributed by atoms with E-state index in [4.69, 9.17) is 5.11 Å². The minimum Gasteiger partial charge on any atom is -0.396 e. The first kappa shape index (κ1) is 11.6. The molecule has 2 nitrogen and oxygen atoms in total. The van der Waals surface area contributed by atoms with E-state index in [1.54, 1.807) is 0 Å². The van der Waals surface area contributed by atoms with Gasteiger partial charge in [-0.3, -0.25) is 0 Å². The van der Waals surface area contributed by atoms with Crippen LogP contribution in [0.1, 0.15) is 36.3 Å². The van der Waals surface area contributed by atoms with Crippen LogP contribution in [0.15, 0.2) is 24.3 Å². The summed E-state index contributed by atoms with van der Waals surface area (Å²) < 4.78 is 0. The summed E-state index contributed by atoms with van der Waals surface area (Å²) in [7, 11) is 0. The lowest BCUT2D eigenvalue weighted by Gasteiger charge is -2.37. The number of aryl methyl sites for hydroxylation is 1. The third kappa shape index (κ3) is 2.63. The second-order valence-corrected chi connectivity index (χ2v) is 4.75. The maximum atomic E-state index is 8.70. The molecule has 0 heterocycles. The molecule has 16 heavy (non-hydrogen) atoms. The van der Waals surface area contributed by atoms with Gasteiger partial charge in [0.2, 0.25) is 0 Å². The van der Waals surface area contributed by atoms with Gasteiger partial charge in [0.15, 0.2) is 0 Å². The van der Waals surface area contributed by atoms with E-state index in [0.29, 0.717) is 12.6 Å². The Morgan fingerprint density at radius 1 is 1.31 bits per heavy atom. The lowest BCUT2D eigenvalue weighted by Crippen LogP contribution is -2.40. The van der Waals surface area contributed by atoms with Gasteiger partial charge in [0, 0.05) is 12.6 Å². The predicted octanol–water partition coefficient (Wildman–Crippen LogP) is 2.21. The number of rotatable bonds is 5. The van der Waals surface area contributed by atoms with Crippen LogP contribution in [0, 0.1) is 6.92 Å². The molecule has 1 aliphatic rings. The van der Waals surface area contributed by atoms with E-state index in [-0.39, 0.29) is 0 Å². The zero-order valence-electron chi connectivity index (χ0n) is 9.95. The van der Waals surface area contributed by atoms with Crippen molar-refractivity contribution in [3.8, 4) is 0 Å². The van der Waals surface area contributed by atoms with Gasteiger partial charge in [0.25, 0.3) is 0 Å². The minimum atomic E-state index is 0.293. The van der Waals surface area contributed by atoms with Crippen molar-refractivity contribution in [2.45, 2.75) is 38.1 Å². The number of hydrogen-bond acceptors (Lipinski definition) is 2. The van der Waals surface area contributed by atoms with Crippen LogP contribution >= 0.6 is 0 Å². The molecule has 0 amide bonds. The molecule has 1 aromatic rings. The molecule has 1 aromatic carbocycles. The maximum Gasteiger partial charge on any atom is 0.0443 e. The van der Waals surface area contributed by atoms with Crippen LogP contribution in [0.4, 0.5) is 0 Å². The monoisotopic (exact) mass is 219 g/mol. The van der Waals surface area contributed by atoms with Crippen LogP contribution < -0.4 is 5.32 Å². The first-order valence-corrected chi connectivity index (χ1v) is 6.21. The van der Waals surface area contributed by atoms with Gasteiger partial charge in [-0.05, 0) is 49.8 Å². The van der Waals surface area contributed by atoms with Gasteiger partial charge in [0.05, 0.1) is 0 Å². The van der Waals surface area contributed by atoms with Crippen molar-refractivity contribution in [2.75, 3.05) is 13.2 Å². The molecule has 2 rings (SSSR count). The molecule has 2 N–H and O–H groups in total. The van der Waals surface area contributed by atoms with Crippen molar-refractivity contribution in [1.82, 2.24) is 5.32 Å². The highest BCUT2D eigenvalue weighted by molar-refractivity contribution is 5.31. The van der Waals surface area contributed by atoms with Crippen LogP contribution in [0.25, 0.3) is 0 Å². The van der Waals surface area contributed by atoms with Crippen LogP contribution in [0.5, 0.6) is 0 Å². The maximum absolute atomic E-state index is 8.70. The van der Waals surface area contributed by atoms with Crippen molar-refractivity contribution in [2.24, 2.45) is 0 Å². The Morgan fingerprint density at radius 3 is 2.75 bits per heavy atom. The van der Waals surface area contributed by atoms with Gasteiger partial charge < -0.3 is 10.4 Å². The molecule has 0 saturated heterocycles. The standard InChI is InChI=1S/C14H21NO/c1-11-5-2-3-6-14(11)12-9-13(10-12)15-7-4-8-16/h2-3,5-6,12-13,15-16H,4,7-10H2,1H3. The van der Waals surface area contributed by atoms with Gasteiger partial charge in [-0.25, -0.2) is 0 Å². The van der Waals surface area contributed by atoms with Gasteiger partial charge in [-0.2, -0.15) is 0 Å². The van der Waals surface area contributed by atoms with Crippen molar-refractivity contribution in [3.05, 3.63) is 35.4 Å². The van der Waals surface area contributed by atoms with E-state index in [9.17, 15) is 0 Å². The van der Waals surface area contributed by atoms with Gasteiger partial charge in [0.1, 0.15) is 0 Å². The Hall–Kier alpha value is -0.860. The zero-order valence-corrected chi connectivity index (χ0v) is 9.95.